The van der Waals surface area contributed by atoms with Crippen LogP contribution in [0.15, 0.2) is 53.6 Å². The topological polar surface area (TPSA) is 34.9 Å². The summed E-state index contributed by atoms with van der Waals surface area (Å²) in [6.07, 6.45) is 8.56. The smallest absolute Gasteiger partial charge is 0.254 e. The third-order valence-corrected chi connectivity index (χ3v) is 4.04. The van der Waals surface area contributed by atoms with E-state index in [1.165, 1.54) is 0 Å². The van der Waals surface area contributed by atoms with Gasteiger partial charge in [-0.25, -0.2) is 0 Å². The number of hydrogen-bond donors (Lipinski definition) is 0. The largest absolute Gasteiger partial charge is 0.318 e. The fraction of sp³-hybridized carbons (Fsp3) is 0.111. The van der Waals surface area contributed by atoms with Crippen LogP contribution in [0, 0.1) is 0 Å². The van der Waals surface area contributed by atoms with Gasteiger partial charge in [0.25, 0.3) is 5.56 Å². The van der Waals surface area contributed by atoms with E-state index in [1.807, 2.05) is 25.4 Å². The quantitative estimate of drug-likeness (QED) is 0.683. The molecule has 2 heterocycles. The fourth-order valence-electron chi connectivity index (χ4n) is 2.97. The first-order chi connectivity index (χ1) is 10.2. The molecule has 0 spiro atoms. The molecule has 0 radical (unpaired) electrons. The van der Waals surface area contributed by atoms with Gasteiger partial charge in [-0.2, -0.15) is 0 Å². The molecule has 1 aromatic carbocycles. The molecule has 0 saturated heterocycles. The third-order valence-electron chi connectivity index (χ3n) is 4.04. The Balaban J connectivity index is 2.01. The van der Waals surface area contributed by atoms with Gasteiger partial charge in [0, 0.05) is 36.0 Å². The number of aryl methyl sites for hydroxylation is 1. The first-order valence-electron chi connectivity index (χ1n) is 6.98. The van der Waals surface area contributed by atoms with Crippen LogP contribution in [0.5, 0.6) is 0 Å². The van der Waals surface area contributed by atoms with Crippen LogP contribution in [0.2, 0.25) is 0 Å². The second-order valence-corrected chi connectivity index (χ2v) is 5.37. The zero-order valence-electron chi connectivity index (χ0n) is 11.7. The van der Waals surface area contributed by atoms with Gasteiger partial charge in [-0.1, -0.05) is 24.3 Å². The van der Waals surface area contributed by atoms with Gasteiger partial charge < -0.3 is 4.57 Å². The molecule has 3 nitrogen and oxygen atoms in total. The Kier molecular flexibility index (Phi) is 2.54. The van der Waals surface area contributed by atoms with Gasteiger partial charge in [0.1, 0.15) is 0 Å². The second-order valence-electron chi connectivity index (χ2n) is 5.37. The Hall–Kier alpha value is -2.68. The standard InChI is InChI=1S/C18H14N2O/c1-20-11-16(14-5-2-6-15(14)18(20)21)12-7-8-17-13(10-12)4-3-9-19-17/h2-5,7-11H,6H2,1H3. The van der Waals surface area contributed by atoms with Gasteiger partial charge in [-0.05, 0) is 35.7 Å². The fourth-order valence-corrected chi connectivity index (χ4v) is 2.97. The highest BCUT2D eigenvalue weighted by atomic mass is 16.1. The molecule has 0 atom stereocenters. The number of nitrogens with zero attached hydrogens (tertiary/aromatic N) is 2. The van der Waals surface area contributed by atoms with E-state index >= 15 is 0 Å². The summed E-state index contributed by atoms with van der Waals surface area (Å²) >= 11 is 0. The van der Waals surface area contributed by atoms with Crippen LogP contribution in [0.4, 0.5) is 0 Å². The van der Waals surface area contributed by atoms with Crippen molar-refractivity contribution in [2.75, 3.05) is 0 Å². The van der Waals surface area contributed by atoms with Gasteiger partial charge in [0.2, 0.25) is 0 Å². The van der Waals surface area contributed by atoms with Crippen LogP contribution < -0.4 is 5.56 Å². The third kappa shape index (κ3) is 1.82. The van der Waals surface area contributed by atoms with E-state index in [0.29, 0.717) is 0 Å². The number of allylic oxidation sites excluding steroid dienone is 1. The van der Waals surface area contributed by atoms with Crippen molar-refractivity contribution in [3.05, 3.63) is 70.3 Å². The summed E-state index contributed by atoms with van der Waals surface area (Å²) < 4.78 is 1.68. The summed E-state index contributed by atoms with van der Waals surface area (Å²) in [7, 11) is 1.81. The Morgan fingerprint density at radius 3 is 3.05 bits per heavy atom. The number of fused-ring (bicyclic) bond motifs is 2. The molecule has 2 aromatic heterocycles. The SMILES string of the molecule is Cn1cc(-c2ccc3ncccc3c2)c2c(c1=O)CC=C2. The maximum atomic E-state index is 12.2. The Morgan fingerprint density at radius 1 is 1.24 bits per heavy atom. The van der Waals surface area contributed by atoms with E-state index in [1.54, 1.807) is 10.8 Å². The molecule has 0 fully saturated rings. The maximum absolute atomic E-state index is 12.2. The van der Waals surface area contributed by atoms with Crippen LogP contribution in [-0.2, 0) is 13.5 Å². The molecule has 0 amide bonds. The highest BCUT2D eigenvalue weighted by molar-refractivity contribution is 5.87. The summed E-state index contributed by atoms with van der Waals surface area (Å²) in [5.41, 5.74) is 5.25. The van der Waals surface area contributed by atoms with Crippen LogP contribution >= 0.6 is 0 Å². The van der Waals surface area contributed by atoms with Crippen molar-refractivity contribution in [3.63, 3.8) is 0 Å². The average Bonchev–Trinajstić information content (AvgIpc) is 3.00. The van der Waals surface area contributed by atoms with Crippen molar-refractivity contribution < 1.29 is 0 Å². The summed E-state index contributed by atoms with van der Waals surface area (Å²) in [6.45, 7) is 0. The molecule has 4 rings (SSSR count). The molecular formula is C18H14N2O. The van der Waals surface area contributed by atoms with Crippen molar-refractivity contribution >= 4 is 17.0 Å². The van der Waals surface area contributed by atoms with Gasteiger partial charge in [0.15, 0.2) is 0 Å². The minimum atomic E-state index is 0.0983. The van der Waals surface area contributed by atoms with E-state index < -0.39 is 0 Å². The van der Waals surface area contributed by atoms with Crippen LogP contribution in [0.1, 0.15) is 11.1 Å². The van der Waals surface area contributed by atoms with Crippen molar-refractivity contribution in [1.29, 1.82) is 0 Å². The molecule has 3 heteroatoms. The molecule has 1 aliphatic rings. The highest BCUT2D eigenvalue weighted by Gasteiger charge is 2.16. The first kappa shape index (κ1) is 12.1. The van der Waals surface area contributed by atoms with Gasteiger partial charge in [-0.3, -0.25) is 9.78 Å². The maximum Gasteiger partial charge on any atom is 0.254 e. The van der Waals surface area contributed by atoms with Crippen LogP contribution in [0.25, 0.3) is 28.1 Å². The normalized spacial score (nSPS) is 12.8. The monoisotopic (exact) mass is 274 g/mol. The lowest BCUT2D eigenvalue weighted by Gasteiger charge is -2.11. The average molecular weight is 274 g/mol. The molecule has 0 aliphatic heterocycles. The Morgan fingerprint density at radius 2 is 2.14 bits per heavy atom. The predicted molar refractivity (Wildman–Crippen MR) is 85.2 cm³/mol. The number of rotatable bonds is 1. The molecule has 3 aromatic rings. The van der Waals surface area contributed by atoms with Crippen LogP contribution in [-0.4, -0.2) is 9.55 Å². The number of aromatic nitrogens is 2. The van der Waals surface area contributed by atoms with E-state index in [9.17, 15) is 4.79 Å². The van der Waals surface area contributed by atoms with E-state index in [-0.39, 0.29) is 5.56 Å². The Labute approximate surface area is 122 Å². The van der Waals surface area contributed by atoms with Crippen LogP contribution in [0.3, 0.4) is 0 Å². The first-order valence-corrected chi connectivity index (χ1v) is 6.98. The molecule has 21 heavy (non-hydrogen) atoms. The molecule has 0 bridgehead atoms. The van der Waals surface area contributed by atoms with Crippen molar-refractivity contribution in [3.8, 4) is 11.1 Å². The summed E-state index contributed by atoms with van der Waals surface area (Å²) in [4.78, 5) is 16.5. The molecular weight excluding hydrogens is 260 g/mol. The zero-order chi connectivity index (χ0) is 14.4. The van der Waals surface area contributed by atoms with Gasteiger partial charge >= 0.3 is 0 Å². The van der Waals surface area contributed by atoms with Gasteiger partial charge in [0.05, 0.1) is 5.52 Å². The van der Waals surface area contributed by atoms with E-state index in [2.05, 4.69) is 35.3 Å². The molecule has 0 N–H and O–H groups in total. The van der Waals surface area contributed by atoms with E-state index in [4.69, 9.17) is 0 Å². The summed E-state index contributed by atoms with van der Waals surface area (Å²) in [5.74, 6) is 0. The lowest BCUT2D eigenvalue weighted by molar-refractivity contribution is 0.845. The highest BCUT2D eigenvalue weighted by Crippen LogP contribution is 2.30. The zero-order valence-corrected chi connectivity index (χ0v) is 11.7. The van der Waals surface area contributed by atoms with Crippen molar-refractivity contribution in [2.24, 2.45) is 7.05 Å². The lowest BCUT2D eigenvalue weighted by Crippen LogP contribution is -2.21. The number of benzene rings is 1. The number of pyridine rings is 2. The molecule has 1 aliphatic carbocycles. The van der Waals surface area contributed by atoms with Crippen molar-refractivity contribution in [1.82, 2.24) is 9.55 Å². The summed E-state index contributed by atoms with van der Waals surface area (Å²) in [5, 5.41) is 1.11. The van der Waals surface area contributed by atoms with Gasteiger partial charge in [-0.15, -0.1) is 0 Å². The molecule has 102 valence electrons. The lowest BCUT2D eigenvalue weighted by atomic mass is 9.98. The van der Waals surface area contributed by atoms with E-state index in [0.717, 1.165) is 39.6 Å². The molecule has 0 unspecified atom stereocenters. The molecule has 0 saturated carbocycles. The Bertz CT molecular complexity index is 951. The minimum absolute atomic E-state index is 0.0983. The predicted octanol–water partition coefficient (Wildman–Crippen LogP) is 3.17. The number of hydrogen-bond acceptors (Lipinski definition) is 2. The van der Waals surface area contributed by atoms with Crippen molar-refractivity contribution in [2.45, 2.75) is 6.42 Å². The minimum Gasteiger partial charge on any atom is -0.318 e. The second kappa shape index (κ2) is 4.42. The summed E-state index contributed by atoms with van der Waals surface area (Å²) in [6, 6.07) is 10.2.